The maximum Gasteiger partial charge on any atom is 0.338 e. The third-order valence-electron chi connectivity index (χ3n) is 4.02. The number of sulfonamides is 2. The van der Waals surface area contributed by atoms with Crippen molar-refractivity contribution in [3.05, 3.63) is 47.7 Å². The van der Waals surface area contributed by atoms with Gasteiger partial charge in [-0.3, -0.25) is 0 Å². The Hall–Kier alpha value is -2.21. The van der Waals surface area contributed by atoms with Crippen LogP contribution in [0.15, 0.2) is 50.8 Å². The van der Waals surface area contributed by atoms with Gasteiger partial charge in [0, 0.05) is 20.1 Å². The van der Waals surface area contributed by atoms with Gasteiger partial charge >= 0.3 is 5.97 Å². The summed E-state index contributed by atoms with van der Waals surface area (Å²) >= 11 is 0. The van der Waals surface area contributed by atoms with Gasteiger partial charge in [-0.1, -0.05) is 0 Å². The Balaban J connectivity index is 1.62. The average Bonchev–Trinajstić information content (AvgIpc) is 3.31. The van der Waals surface area contributed by atoms with Crippen LogP contribution < -0.4 is 4.72 Å². The summed E-state index contributed by atoms with van der Waals surface area (Å²) in [5.41, 5.74) is 0.165. The van der Waals surface area contributed by atoms with E-state index >= 15 is 0 Å². The zero-order valence-electron chi connectivity index (χ0n) is 15.3. The highest BCUT2D eigenvalue weighted by Gasteiger charge is 2.28. The van der Waals surface area contributed by atoms with Gasteiger partial charge in [0.2, 0.25) is 15.1 Å². The highest BCUT2D eigenvalue weighted by Crippen LogP contribution is 2.22. The molecule has 0 aliphatic heterocycles. The molecule has 1 aliphatic carbocycles. The molecule has 0 bridgehead atoms. The number of hydrogen-bond acceptors (Lipinski definition) is 7. The summed E-state index contributed by atoms with van der Waals surface area (Å²) in [6.45, 7) is -0.259. The van der Waals surface area contributed by atoms with Crippen LogP contribution in [0.4, 0.5) is 0 Å². The Labute approximate surface area is 163 Å². The molecule has 1 aromatic heterocycles. The number of ether oxygens (including phenoxy) is 1. The van der Waals surface area contributed by atoms with Crippen molar-refractivity contribution < 1.29 is 30.8 Å². The summed E-state index contributed by atoms with van der Waals surface area (Å²) in [6.07, 6.45) is 1.65. The monoisotopic (exact) mass is 428 g/mol. The standard InChI is InChI=1S/C17H20N2O7S2/c1-19(2)28(23,24)16-10-7-14(26-16)11-25-17(20)12-3-8-15(9-4-12)27(21,22)18-13-5-6-13/h3-4,7-10,13,18H,5-6,11H2,1-2H3. The van der Waals surface area contributed by atoms with Crippen molar-refractivity contribution in [1.29, 1.82) is 0 Å². The molecule has 11 heteroatoms. The molecule has 0 spiro atoms. The Bertz CT molecular complexity index is 1070. The number of nitrogens with zero attached hydrogens (tertiary/aromatic N) is 1. The minimum absolute atomic E-state index is 0.0101. The molecule has 3 rings (SSSR count). The number of carbonyl (C=O) groups excluding carboxylic acids is 1. The lowest BCUT2D eigenvalue weighted by molar-refractivity contribution is 0.0440. The molecule has 9 nitrogen and oxygen atoms in total. The van der Waals surface area contributed by atoms with Gasteiger partial charge in [-0.2, -0.15) is 0 Å². The van der Waals surface area contributed by atoms with E-state index in [1.54, 1.807) is 0 Å². The third-order valence-corrected chi connectivity index (χ3v) is 7.24. The fraction of sp³-hybridized carbons (Fsp3) is 0.353. The second-order valence-electron chi connectivity index (χ2n) is 6.50. The smallest absolute Gasteiger partial charge is 0.338 e. The van der Waals surface area contributed by atoms with Gasteiger partial charge in [-0.25, -0.2) is 30.7 Å². The van der Waals surface area contributed by atoms with Crippen molar-refractivity contribution in [3.8, 4) is 0 Å². The van der Waals surface area contributed by atoms with Crippen LogP contribution >= 0.6 is 0 Å². The average molecular weight is 428 g/mol. The quantitative estimate of drug-likeness (QED) is 0.629. The SMILES string of the molecule is CN(C)S(=O)(=O)c1ccc(COC(=O)c2ccc(S(=O)(=O)NC3CC3)cc2)o1. The maximum absolute atomic E-state index is 12.1. The van der Waals surface area contributed by atoms with Gasteiger partial charge < -0.3 is 9.15 Å². The summed E-state index contributed by atoms with van der Waals surface area (Å²) in [6, 6.07) is 8.05. The predicted molar refractivity (Wildman–Crippen MR) is 98.5 cm³/mol. The lowest BCUT2D eigenvalue weighted by atomic mass is 10.2. The van der Waals surface area contributed by atoms with Crippen LogP contribution in [0.3, 0.4) is 0 Å². The maximum atomic E-state index is 12.1. The predicted octanol–water partition coefficient (Wildman–Crippen LogP) is 1.33. The van der Waals surface area contributed by atoms with Crippen molar-refractivity contribution >= 4 is 26.0 Å². The van der Waals surface area contributed by atoms with E-state index in [2.05, 4.69) is 4.72 Å². The van der Waals surface area contributed by atoms with Gasteiger partial charge in [0.1, 0.15) is 12.4 Å². The molecule has 1 N–H and O–H groups in total. The van der Waals surface area contributed by atoms with E-state index in [0.717, 1.165) is 17.1 Å². The number of rotatable bonds is 8. The highest BCUT2D eigenvalue weighted by atomic mass is 32.2. The van der Waals surface area contributed by atoms with Crippen molar-refractivity contribution in [2.45, 2.75) is 35.5 Å². The van der Waals surface area contributed by atoms with Crippen LogP contribution in [-0.4, -0.2) is 47.2 Å². The number of esters is 1. The molecule has 0 atom stereocenters. The van der Waals surface area contributed by atoms with E-state index in [9.17, 15) is 21.6 Å². The molecule has 2 aromatic rings. The summed E-state index contributed by atoms with van der Waals surface area (Å²) < 4.78 is 62.0. The Morgan fingerprint density at radius 2 is 1.75 bits per heavy atom. The summed E-state index contributed by atoms with van der Waals surface area (Å²) in [7, 11) is -4.54. The fourth-order valence-electron chi connectivity index (χ4n) is 2.23. The van der Waals surface area contributed by atoms with E-state index < -0.39 is 26.0 Å². The zero-order chi connectivity index (χ0) is 20.5. The van der Waals surface area contributed by atoms with E-state index in [1.807, 2.05) is 0 Å². The van der Waals surface area contributed by atoms with Gasteiger partial charge in [0.25, 0.3) is 10.0 Å². The zero-order valence-corrected chi connectivity index (χ0v) is 16.9. The van der Waals surface area contributed by atoms with Crippen molar-refractivity contribution in [2.75, 3.05) is 14.1 Å². The second-order valence-corrected chi connectivity index (χ2v) is 10.3. The van der Waals surface area contributed by atoms with E-state index in [0.29, 0.717) is 0 Å². The molecule has 1 heterocycles. The summed E-state index contributed by atoms with van der Waals surface area (Å²) in [5.74, 6) is -0.519. The van der Waals surface area contributed by atoms with Crippen molar-refractivity contribution in [3.63, 3.8) is 0 Å². The van der Waals surface area contributed by atoms with E-state index in [4.69, 9.17) is 9.15 Å². The van der Waals surface area contributed by atoms with Gasteiger partial charge in [0.15, 0.2) is 0 Å². The van der Waals surface area contributed by atoms with Gasteiger partial charge in [0.05, 0.1) is 10.5 Å². The molecule has 0 unspecified atom stereocenters. The second kappa shape index (κ2) is 7.66. The lowest BCUT2D eigenvalue weighted by Gasteiger charge is -2.08. The summed E-state index contributed by atoms with van der Waals surface area (Å²) in [4.78, 5) is 12.2. The van der Waals surface area contributed by atoms with Crippen LogP contribution in [0.1, 0.15) is 29.0 Å². The number of carbonyl (C=O) groups is 1. The number of furan rings is 1. The van der Waals surface area contributed by atoms with Crippen LogP contribution in [0.2, 0.25) is 0 Å². The number of benzene rings is 1. The van der Waals surface area contributed by atoms with Gasteiger partial charge in [-0.05, 0) is 49.2 Å². The van der Waals surface area contributed by atoms with E-state index in [1.165, 1.54) is 50.5 Å². The van der Waals surface area contributed by atoms with Crippen LogP contribution in [0.5, 0.6) is 0 Å². The molecule has 0 saturated heterocycles. The lowest BCUT2D eigenvalue weighted by Crippen LogP contribution is -2.25. The first-order chi connectivity index (χ1) is 13.1. The Morgan fingerprint density at radius 3 is 2.32 bits per heavy atom. The van der Waals surface area contributed by atoms with Crippen molar-refractivity contribution in [1.82, 2.24) is 9.03 Å². The molecule has 1 fully saturated rings. The molecule has 152 valence electrons. The molecule has 1 aliphatic rings. The normalized spacial score (nSPS) is 15.0. The Kier molecular flexibility index (Phi) is 5.62. The molecular formula is C17H20N2O7S2. The third kappa shape index (κ3) is 4.61. The molecular weight excluding hydrogens is 408 g/mol. The topological polar surface area (TPSA) is 123 Å². The molecule has 1 saturated carbocycles. The van der Waals surface area contributed by atoms with Gasteiger partial charge in [-0.15, -0.1) is 0 Å². The number of hydrogen-bond donors (Lipinski definition) is 1. The highest BCUT2D eigenvalue weighted by molar-refractivity contribution is 7.89. The summed E-state index contributed by atoms with van der Waals surface area (Å²) in [5, 5.41) is -0.249. The number of nitrogens with one attached hydrogen (secondary N) is 1. The minimum Gasteiger partial charge on any atom is -0.454 e. The van der Waals surface area contributed by atoms with Crippen molar-refractivity contribution in [2.24, 2.45) is 0 Å². The Morgan fingerprint density at radius 1 is 1.11 bits per heavy atom. The van der Waals surface area contributed by atoms with Crippen LogP contribution in [0.25, 0.3) is 0 Å². The first-order valence-corrected chi connectivity index (χ1v) is 11.3. The van der Waals surface area contributed by atoms with Crippen LogP contribution in [0, 0.1) is 0 Å². The minimum atomic E-state index is -3.71. The van der Waals surface area contributed by atoms with Crippen LogP contribution in [-0.2, 0) is 31.4 Å². The first-order valence-electron chi connectivity index (χ1n) is 8.40. The molecule has 1 aromatic carbocycles. The largest absolute Gasteiger partial charge is 0.454 e. The van der Waals surface area contributed by atoms with E-state index in [-0.39, 0.29) is 34.0 Å². The fourth-order valence-corrected chi connectivity index (χ4v) is 4.35. The first kappa shape index (κ1) is 20.5. The molecule has 0 radical (unpaired) electrons. The molecule has 28 heavy (non-hydrogen) atoms. The molecule has 0 amide bonds.